The Morgan fingerprint density at radius 1 is 0.938 bits per heavy atom. The summed E-state index contributed by atoms with van der Waals surface area (Å²) in [6.45, 7) is 0.438. The number of nitrogens with one attached hydrogen (secondary N) is 1. The van der Waals surface area contributed by atoms with E-state index in [4.69, 9.17) is 26.4 Å². The van der Waals surface area contributed by atoms with Crippen LogP contribution in [0.25, 0.3) is 0 Å². The summed E-state index contributed by atoms with van der Waals surface area (Å²) in [4.78, 5) is 14.6. The molecule has 0 aliphatic carbocycles. The number of nitrogens with zero attached hydrogens (tertiary/aromatic N) is 1. The van der Waals surface area contributed by atoms with Crippen molar-refractivity contribution in [1.29, 1.82) is 5.41 Å². The number of halogens is 1. The molecule has 3 rings (SSSR count). The number of nitrogen functional groups attached to an aromatic ring is 1. The number of rotatable bonds is 9. The van der Waals surface area contributed by atoms with Crippen LogP contribution in [0.15, 0.2) is 72.8 Å². The van der Waals surface area contributed by atoms with E-state index in [0.717, 1.165) is 11.3 Å². The van der Waals surface area contributed by atoms with Crippen molar-refractivity contribution in [3.8, 4) is 11.5 Å². The van der Waals surface area contributed by atoms with Crippen LogP contribution in [0.1, 0.15) is 22.7 Å². The van der Waals surface area contributed by atoms with Crippen molar-refractivity contribution in [2.45, 2.75) is 12.6 Å². The number of hydrogen-bond donors (Lipinski definition) is 3. The number of carbonyl (C=O) groups excluding carboxylic acids is 1. The SMILES string of the molecule is COc1cc(OC)cc(C(C(N)=O)N(Cc2ccccc2)c2ccc(C(=N)N)cc2)c1.Cl. The highest BCUT2D eigenvalue weighted by atomic mass is 35.5. The zero-order valence-corrected chi connectivity index (χ0v) is 18.8. The smallest absolute Gasteiger partial charge is 0.244 e. The van der Waals surface area contributed by atoms with Crippen LogP contribution in [0, 0.1) is 5.41 Å². The van der Waals surface area contributed by atoms with Crippen LogP contribution in [0.2, 0.25) is 0 Å². The quantitative estimate of drug-likeness (QED) is 0.337. The molecule has 32 heavy (non-hydrogen) atoms. The Hall–Kier alpha value is -3.71. The van der Waals surface area contributed by atoms with Gasteiger partial charge in [-0.3, -0.25) is 10.2 Å². The highest BCUT2D eigenvalue weighted by Crippen LogP contribution is 2.33. The molecule has 1 amide bonds. The molecule has 0 saturated heterocycles. The average molecular weight is 455 g/mol. The van der Waals surface area contributed by atoms with E-state index in [2.05, 4.69) is 0 Å². The molecule has 168 valence electrons. The lowest BCUT2D eigenvalue weighted by atomic mass is 10.0. The van der Waals surface area contributed by atoms with E-state index in [-0.39, 0.29) is 18.2 Å². The van der Waals surface area contributed by atoms with Gasteiger partial charge in [-0.15, -0.1) is 12.4 Å². The number of carbonyl (C=O) groups is 1. The largest absolute Gasteiger partial charge is 0.497 e. The first-order valence-electron chi connectivity index (χ1n) is 9.70. The zero-order valence-electron chi connectivity index (χ0n) is 17.9. The molecule has 0 radical (unpaired) electrons. The van der Waals surface area contributed by atoms with Gasteiger partial charge in [-0.1, -0.05) is 30.3 Å². The van der Waals surface area contributed by atoms with Crippen molar-refractivity contribution in [2.24, 2.45) is 11.5 Å². The number of primary amides is 1. The number of amidine groups is 1. The minimum atomic E-state index is -0.785. The minimum absolute atomic E-state index is 0. The Morgan fingerprint density at radius 3 is 1.97 bits per heavy atom. The van der Waals surface area contributed by atoms with Gasteiger partial charge in [-0.05, 0) is 47.5 Å². The summed E-state index contributed by atoms with van der Waals surface area (Å²) in [6.07, 6.45) is 0. The first kappa shape index (κ1) is 24.6. The van der Waals surface area contributed by atoms with Crippen LogP contribution < -0.4 is 25.8 Å². The van der Waals surface area contributed by atoms with E-state index in [1.807, 2.05) is 47.4 Å². The van der Waals surface area contributed by atoms with Crippen LogP contribution in [0.3, 0.4) is 0 Å². The molecule has 0 heterocycles. The second-order valence-electron chi connectivity index (χ2n) is 7.02. The second kappa shape index (κ2) is 11.1. The van der Waals surface area contributed by atoms with Gasteiger partial charge in [0.2, 0.25) is 5.91 Å². The van der Waals surface area contributed by atoms with Gasteiger partial charge < -0.3 is 25.8 Å². The Bertz CT molecular complexity index is 1040. The minimum Gasteiger partial charge on any atom is -0.497 e. The predicted octanol–water partition coefficient (Wildman–Crippen LogP) is 3.64. The molecule has 0 bridgehead atoms. The molecule has 0 aromatic heterocycles. The number of amides is 1. The summed E-state index contributed by atoms with van der Waals surface area (Å²) in [5, 5.41) is 7.63. The van der Waals surface area contributed by atoms with Gasteiger partial charge in [-0.25, -0.2) is 0 Å². The Morgan fingerprint density at radius 2 is 1.50 bits per heavy atom. The van der Waals surface area contributed by atoms with E-state index in [1.165, 1.54) is 0 Å². The van der Waals surface area contributed by atoms with E-state index >= 15 is 0 Å². The number of methoxy groups -OCH3 is 2. The molecular formula is C24H27ClN4O3. The average Bonchev–Trinajstić information content (AvgIpc) is 2.78. The summed E-state index contributed by atoms with van der Waals surface area (Å²) in [5.74, 6) is 0.589. The number of ether oxygens (including phenoxy) is 2. The van der Waals surface area contributed by atoms with E-state index in [0.29, 0.717) is 29.2 Å². The van der Waals surface area contributed by atoms with Gasteiger partial charge in [0, 0.05) is 23.9 Å². The number of hydrogen-bond acceptors (Lipinski definition) is 5. The lowest BCUT2D eigenvalue weighted by Gasteiger charge is -2.32. The molecule has 1 unspecified atom stereocenters. The maximum Gasteiger partial charge on any atom is 0.244 e. The van der Waals surface area contributed by atoms with Crippen molar-refractivity contribution in [2.75, 3.05) is 19.1 Å². The fraction of sp³-hybridized carbons (Fsp3) is 0.167. The summed E-state index contributed by atoms with van der Waals surface area (Å²) in [5.41, 5.74) is 14.5. The Labute approximate surface area is 193 Å². The molecule has 0 aliphatic heterocycles. The topological polar surface area (TPSA) is 115 Å². The fourth-order valence-corrected chi connectivity index (χ4v) is 3.43. The maximum absolute atomic E-state index is 12.7. The van der Waals surface area contributed by atoms with Gasteiger partial charge in [-0.2, -0.15) is 0 Å². The highest BCUT2D eigenvalue weighted by Gasteiger charge is 2.28. The van der Waals surface area contributed by atoms with Gasteiger partial charge in [0.05, 0.1) is 14.2 Å². The van der Waals surface area contributed by atoms with Crippen LogP contribution >= 0.6 is 12.4 Å². The van der Waals surface area contributed by atoms with Crippen molar-refractivity contribution in [3.63, 3.8) is 0 Å². The third-order valence-electron chi connectivity index (χ3n) is 4.98. The molecule has 3 aromatic carbocycles. The monoisotopic (exact) mass is 454 g/mol. The third-order valence-corrected chi connectivity index (χ3v) is 4.98. The number of benzene rings is 3. The van der Waals surface area contributed by atoms with E-state index in [9.17, 15) is 4.79 Å². The molecule has 8 heteroatoms. The lowest BCUT2D eigenvalue weighted by Crippen LogP contribution is -2.37. The fourth-order valence-electron chi connectivity index (χ4n) is 3.43. The van der Waals surface area contributed by atoms with Crippen molar-refractivity contribution in [1.82, 2.24) is 0 Å². The molecule has 0 fully saturated rings. The third kappa shape index (κ3) is 5.70. The highest BCUT2D eigenvalue weighted by molar-refractivity contribution is 5.95. The molecule has 5 N–H and O–H groups in total. The molecule has 0 saturated carbocycles. The maximum atomic E-state index is 12.7. The molecular weight excluding hydrogens is 428 g/mol. The zero-order chi connectivity index (χ0) is 22.4. The van der Waals surface area contributed by atoms with Gasteiger partial charge >= 0.3 is 0 Å². The van der Waals surface area contributed by atoms with Gasteiger partial charge in [0.15, 0.2) is 0 Å². The molecule has 0 spiro atoms. The Kier molecular flexibility index (Phi) is 8.49. The first-order chi connectivity index (χ1) is 14.9. The Balaban J connectivity index is 0.00000363. The van der Waals surface area contributed by atoms with Crippen molar-refractivity contribution < 1.29 is 14.3 Å². The standard InChI is InChI=1S/C24H26N4O3.ClH/c1-30-20-12-18(13-21(14-20)31-2)22(24(27)29)28(15-16-6-4-3-5-7-16)19-10-8-17(9-11-19)23(25)26;/h3-14,22H,15H2,1-2H3,(H3,25,26)(H2,27,29);1H. The van der Waals surface area contributed by atoms with Crippen LogP contribution in [0.5, 0.6) is 11.5 Å². The second-order valence-corrected chi connectivity index (χ2v) is 7.02. The van der Waals surface area contributed by atoms with Crippen LogP contribution in [-0.2, 0) is 11.3 Å². The van der Waals surface area contributed by atoms with Crippen LogP contribution in [-0.4, -0.2) is 26.0 Å². The van der Waals surface area contributed by atoms with Crippen molar-refractivity contribution in [3.05, 3.63) is 89.5 Å². The lowest BCUT2D eigenvalue weighted by molar-refractivity contribution is -0.119. The summed E-state index contributed by atoms with van der Waals surface area (Å²) in [6, 6.07) is 21.5. The number of nitrogens with two attached hydrogens (primary N) is 2. The summed E-state index contributed by atoms with van der Waals surface area (Å²) < 4.78 is 10.8. The molecule has 7 nitrogen and oxygen atoms in total. The van der Waals surface area contributed by atoms with Crippen LogP contribution in [0.4, 0.5) is 5.69 Å². The van der Waals surface area contributed by atoms with Crippen molar-refractivity contribution >= 4 is 29.8 Å². The predicted molar refractivity (Wildman–Crippen MR) is 129 cm³/mol. The van der Waals surface area contributed by atoms with Gasteiger partial charge in [0.1, 0.15) is 23.4 Å². The molecule has 1 atom stereocenters. The van der Waals surface area contributed by atoms with E-state index < -0.39 is 11.9 Å². The number of anilines is 1. The normalized spacial score (nSPS) is 11.1. The van der Waals surface area contributed by atoms with E-state index in [1.54, 1.807) is 44.6 Å². The first-order valence-corrected chi connectivity index (χ1v) is 9.70. The van der Waals surface area contributed by atoms with Gasteiger partial charge in [0.25, 0.3) is 0 Å². The molecule has 0 aliphatic rings. The summed E-state index contributed by atoms with van der Waals surface area (Å²) >= 11 is 0. The summed E-state index contributed by atoms with van der Waals surface area (Å²) in [7, 11) is 3.11. The molecule has 3 aromatic rings.